The first-order valence-corrected chi connectivity index (χ1v) is 10.4. The third-order valence-electron chi connectivity index (χ3n) is 5.20. The fourth-order valence-electron chi connectivity index (χ4n) is 3.65. The highest BCUT2D eigenvalue weighted by atomic mass is 32.1. The van der Waals surface area contributed by atoms with Crippen LogP contribution >= 0.6 is 11.3 Å². The number of carbonyl (C=O) groups is 1. The van der Waals surface area contributed by atoms with Gasteiger partial charge in [0.1, 0.15) is 16.5 Å². The van der Waals surface area contributed by atoms with Crippen LogP contribution in [0.4, 0.5) is 8.78 Å². The minimum atomic E-state index is -2.33. The van der Waals surface area contributed by atoms with Crippen molar-refractivity contribution < 1.29 is 13.6 Å². The molecule has 0 unspecified atom stereocenters. The van der Waals surface area contributed by atoms with E-state index in [2.05, 4.69) is 20.2 Å². The van der Waals surface area contributed by atoms with Gasteiger partial charge in [-0.15, -0.1) is 10.2 Å². The van der Waals surface area contributed by atoms with Crippen molar-refractivity contribution in [2.24, 2.45) is 5.92 Å². The Bertz CT molecular complexity index is 1020. The second kappa shape index (κ2) is 8.54. The number of likely N-dealkylation sites (tertiary alicyclic amines) is 1. The zero-order valence-corrected chi connectivity index (χ0v) is 16.8. The summed E-state index contributed by atoms with van der Waals surface area (Å²) in [4.78, 5) is 23.2. The number of fused-ring (bicyclic) bond motifs is 1. The van der Waals surface area contributed by atoms with Gasteiger partial charge in [-0.3, -0.25) is 19.7 Å². The molecular formula is C20H21F2N5OS. The lowest BCUT2D eigenvalue weighted by Crippen LogP contribution is -2.39. The monoisotopic (exact) mass is 417 g/mol. The summed E-state index contributed by atoms with van der Waals surface area (Å²) in [5.41, 5.74) is 1.46. The molecule has 4 heterocycles. The number of rotatable bonds is 6. The molecule has 6 nitrogen and oxygen atoms in total. The summed E-state index contributed by atoms with van der Waals surface area (Å²) in [7, 11) is 0. The molecule has 0 saturated carbocycles. The molecule has 3 aromatic heterocycles. The molecule has 0 aliphatic carbocycles. The Hall–Kier alpha value is -2.39. The Morgan fingerprint density at radius 2 is 1.93 bits per heavy atom. The second-order valence-corrected chi connectivity index (χ2v) is 8.51. The molecule has 0 aromatic carbocycles. The van der Waals surface area contributed by atoms with E-state index in [9.17, 15) is 13.6 Å². The molecule has 0 radical (unpaired) electrons. The molecule has 9 heteroatoms. The standard InChI is InChI=1S/C20H21F2N5OS/c1-12-25-26-20(29-12)17-7-14-6-16(23-9-15(14)10-24-17)8-18(28)13-2-4-27(5-3-13)11-19(21)22/h6-7,9-10,13,19H,2-5,8,11H2,1H3. The molecular weight excluding hydrogens is 396 g/mol. The summed E-state index contributed by atoms with van der Waals surface area (Å²) in [5.74, 6) is 0.0429. The van der Waals surface area contributed by atoms with Gasteiger partial charge < -0.3 is 0 Å². The number of hydrogen-bond donors (Lipinski definition) is 0. The Balaban J connectivity index is 1.44. The summed E-state index contributed by atoms with van der Waals surface area (Å²) < 4.78 is 25.0. The molecule has 1 aliphatic rings. The number of Topliss-reactive ketones (excluding diaryl/α,β-unsaturated/α-hetero) is 1. The number of ketones is 1. The van der Waals surface area contributed by atoms with E-state index in [0.29, 0.717) is 31.6 Å². The van der Waals surface area contributed by atoms with Gasteiger partial charge in [-0.1, -0.05) is 11.3 Å². The molecule has 0 N–H and O–H groups in total. The summed E-state index contributed by atoms with van der Waals surface area (Å²) >= 11 is 1.48. The number of pyridine rings is 2. The Kier molecular flexibility index (Phi) is 5.86. The molecule has 4 rings (SSSR count). The topological polar surface area (TPSA) is 71.9 Å². The van der Waals surface area contributed by atoms with Gasteiger partial charge in [0, 0.05) is 35.8 Å². The van der Waals surface area contributed by atoms with Crippen LogP contribution in [0.5, 0.6) is 0 Å². The lowest BCUT2D eigenvalue weighted by Gasteiger charge is -2.30. The fourth-order valence-corrected chi connectivity index (χ4v) is 4.31. The number of aromatic nitrogens is 4. The van der Waals surface area contributed by atoms with Crippen molar-refractivity contribution in [2.75, 3.05) is 19.6 Å². The van der Waals surface area contributed by atoms with E-state index in [1.165, 1.54) is 11.3 Å². The maximum Gasteiger partial charge on any atom is 0.251 e. The molecule has 0 atom stereocenters. The summed E-state index contributed by atoms with van der Waals surface area (Å²) in [6.45, 7) is 2.77. The van der Waals surface area contributed by atoms with Crippen LogP contribution in [0.15, 0.2) is 24.5 Å². The molecule has 1 fully saturated rings. The highest BCUT2D eigenvalue weighted by molar-refractivity contribution is 7.14. The third-order valence-corrected chi connectivity index (χ3v) is 6.06. The van der Waals surface area contributed by atoms with E-state index in [0.717, 1.165) is 26.5 Å². The largest absolute Gasteiger partial charge is 0.299 e. The number of carbonyl (C=O) groups excluding carboxylic acids is 1. The van der Waals surface area contributed by atoms with Crippen molar-refractivity contribution in [1.82, 2.24) is 25.1 Å². The van der Waals surface area contributed by atoms with Crippen LogP contribution in [0.1, 0.15) is 23.5 Å². The van der Waals surface area contributed by atoms with Crippen LogP contribution in [0.3, 0.4) is 0 Å². The Morgan fingerprint density at radius 1 is 1.17 bits per heavy atom. The number of alkyl halides is 2. The van der Waals surface area contributed by atoms with Crippen molar-refractivity contribution in [2.45, 2.75) is 32.6 Å². The van der Waals surface area contributed by atoms with Gasteiger partial charge in [0.15, 0.2) is 5.01 Å². The van der Waals surface area contributed by atoms with Gasteiger partial charge in [0.05, 0.1) is 6.54 Å². The molecule has 0 amide bonds. The molecule has 1 saturated heterocycles. The quantitative estimate of drug-likeness (QED) is 0.611. The van der Waals surface area contributed by atoms with Gasteiger partial charge in [0.25, 0.3) is 6.43 Å². The average molecular weight is 417 g/mol. The molecule has 1 aliphatic heterocycles. The highest BCUT2D eigenvalue weighted by Crippen LogP contribution is 2.25. The number of halogens is 2. The molecule has 29 heavy (non-hydrogen) atoms. The predicted octanol–water partition coefficient (Wildman–Crippen LogP) is 3.55. The van der Waals surface area contributed by atoms with E-state index in [1.54, 1.807) is 17.3 Å². The Labute approximate surface area is 171 Å². The normalized spacial score (nSPS) is 16.0. The van der Waals surface area contributed by atoms with Crippen LogP contribution in [0.2, 0.25) is 0 Å². The van der Waals surface area contributed by atoms with Crippen LogP contribution in [0.25, 0.3) is 21.5 Å². The van der Waals surface area contributed by atoms with E-state index in [-0.39, 0.29) is 24.7 Å². The van der Waals surface area contributed by atoms with E-state index in [4.69, 9.17) is 0 Å². The third kappa shape index (κ3) is 4.79. The van der Waals surface area contributed by atoms with Crippen LogP contribution in [0, 0.1) is 12.8 Å². The maximum atomic E-state index is 12.7. The lowest BCUT2D eigenvalue weighted by molar-refractivity contribution is -0.123. The van der Waals surface area contributed by atoms with Gasteiger partial charge in [-0.25, -0.2) is 8.78 Å². The number of hydrogen-bond acceptors (Lipinski definition) is 7. The second-order valence-electron chi connectivity index (χ2n) is 7.33. The number of aryl methyl sites for hydroxylation is 1. The van der Waals surface area contributed by atoms with E-state index in [1.807, 2.05) is 19.1 Å². The number of piperidine rings is 1. The molecule has 0 bridgehead atoms. The van der Waals surface area contributed by atoms with E-state index >= 15 is 0 Å². The van der Waals surface area contributed by atoms with Crippen molar-refractivity contribution in [3.63, 3.8) is 0 Å². The van der Waals surface area contributed by atoms with Gasteiger partial charge >= 0.3 is 0 Å². The van der Waals surface area contributed by atoms with Gasteiger partial charge in [-0.05, 0) is 50.4 Å². The maximum absolute atomic E-state index is 12.7. The summed E-state index contributed by atoms with van der Waals surface area (Å²) in [6.07, 6.45) is 2.66. The van der Waals surface area contributed by atoms with Gasteiger partial charge in [0.2, 0.25) is 0 Å². The van der Waals surface area contributed by atoms with Crippen LogP contribution in [-0.4, -0.2) is 56.9 Å². The van der Waals surface area contributed by atoms with Crippen molar-refractivity contribution in [3.8, 4) is 10.7 Å². The van der Waals surface area contributed by atoms with Crippen molar-refractivity contribution in [3.05, 3.63) is 35.2 Å². The lowest BCUT2D eigenvalue weighted by atomic mass is 9.90. The van der Waals surface area contributed by atoms with Crippen molar-refractivity contribution >= 4 is 27.9 Å². The smallest absolute Gasteiger partial charge is 0.251 e. The van der Waals surface area contributed by atoms with Gasteiger partial charge in [-0.2, -0.15) is 0 Å². The summed E-state index contributed by atoms with van der Waals surface area (Å²) in [6, 6.07) is 3.85. The van der Waals surface area contributed by atoms with Crippen molar-refractivity contribution in [1.29, 1.82) is 0 Å². The first kappa shape index (κ1) is 19.9. The molecule has 3 aromatic rings. The fraction of sp³-hybridized carbons (Fsp3) is 0.450. The predicted molar refractivity (Wildman–Crippen MR) is 107 cm³/mol. The molecule has 0 spiro atoms. The zero-order chi connectivity index (χ0) is 20.4. The van der Waals surface area contributed by atoms with E-state index < -0.39 is 6.43 Å². The Morgan fingerprint density at radius 3 is 2.62 bits per heavy atom. The minimum Gasteiger partial charge on any atom is -0.299 e. The highest BCUT2D eigenvalue weighted by Gasteiger charge is 2.26. The minimum absolute atomic E-state index is 0.0845. The van der Waals surface area contributed by atoms with Crippen LogP contribution < -0.4 is 0 Å². The zero-order valence-electron chi connectivity index (χ0n) is 16.0. The average Bonchev–Trinajstić information content (AvgIpc) is 3.14. The summed E-state index contributed by atoms with van der Waals surface area (Å²) in [5, 5.41) is 11.6. The first-order chi connectivity index (χ1) is 14.0. The SMILES string of the molecule is Cc1nnc(-c2cc3cc(CC(=O)C4CCN(CC(F)F)CC4)ncc3cn2)s1. The molecule has 152 valence electrons. The number of nitrogens with zero attached hydrogens (tertiary/aromatic N) is 5. The first-order valence-electron chi connectivity index (χ1n) is 9.56. The van der Waals surface area contributed by atoms with Crippen LogP contribution in [-0.2, 0) is 11.2 Å².